The van der Waals surface area contributed by atoms with Gasteiger partial charge in [0.1, 0.15) is 4.34 Å². The Bertz CT molecular complexity index is 449. The van der Waals surface area contributed by atoms with E-state index >= 15 is 0 Å². The summed E-state index contributed by atoms with van der Waals surface area (Å²) < 4.78 is 7.44. The van der Waals surface area contributed by atoms with Gasteiger partial charge in [-0.3, -0.25) is 0 Å². The SMILES string of the molecule is CCCCCCCCCCC(C)OC(=S)Sc1nc(Cl)c(Cl)s1. The molecule has 7 heteroatoms. The average molecular weight is 414 g/mol. The maximum absolute atomic E-state index is 5.88. The second-order valence-corrected chi connectivity index (χ2v) is 9.40. The first-order valence-electron chi connectivity index (χ1n) is 8.23. The van der Waals surface area contributed by atoms with E-state index in [9.17, 15) is 0 Å². The van der Waals surface area contributed by atoms with Crippen molar-refractivity contribution >= 4 is 62.9 Å². The Hall–Kier alpha value is 0.450. The molecule has 0 saturated heterocycles. The first kappa shape index (κ1) is 21.5. The molecule has 2 nitrogen and oxygen atoms in total. The van der Waals surface area contributed by atoms with E-state index in [4.69, 9.17) is 40.2 Å². The predicted molar refractivity (Wildman–Crippen MR) is 108 cm³/mol. The van der Waals surface area contributed by atoms with E-state index < -0.39 is 0 Å². The molecule has 132 valence electrons. The monoisotopic (exact) mass is 413 g/mol. The Morgan fingerprint density at radius 2 is 1.78 bits per heavy atom. The molecule has 0 aliphatic rings. The number of halogens is 2. The Kier molecular flexibility index (Phi) is 11.9. The fourth-order valence-corrected chi connectivity index (χ4v) is 5.01. The van der Waals surface area contributed by atoms with Crippen molar-refractivity contribution in [3.63, 3.8) is 0 Å². The van der Waals surface area contributed by atoms with Gasteiger partial charge < -0.3 is 4.74 Å². The van der Waals surface area contributed by atoms with Crippen LogP contribution in [0.2, 0.25) is 9.49 Å². The number of nitrogens with zero attached hydrogens (tertiary/aromatic N) is 1. The molecule has 0 bridgehead atoms. The number of thiocarbonyl (C=S) groups is 1. The number of unbranched alkanes of at least 4 members (excludes halogenated alkanes) is 7. The van der Waals surface area contributed by atoms with Crippen molar-refractivity contribution in [2.75, 3.05) is 0 Å². The normalized spacial score (nSPS) is 12.3. The highest BCUT2D eigenvalue weighted by molar-refractivity contribution is 8.23. The third-order valence-corrected chi connectivity index (χ3v) is 6.37. The van der Waals surface area contributed by atoms with Crippen LogP contribution in [0.5, 0.6) is 0 Å². The summed E-state index contributed by atoms with van der Waals surface area (Å²) in [5, 5.41) is 0.328. The smallest absolute Gasteiger partial charge is 0.227 e. The molecule has 0 aromatic carbocycles. The maximum Gasteiger partial charge on any atom is 0.227 e. The molecule has 23 heavy (non-hydrogen) atoms. The highest BCUT2D eigenvalue weighted by atomic mass is 35.5. The Morgan fingerprint density at radius 1 is 1.17 bits per heavy atom. The lowest BCUT2D eigenvalue weighted by Gasteiger charge is -2.14. The van der Waals surface area contributed by atoms with Crippen LogP contribution in [0.3, 0.4) is 0 Å². The zero-order chi connectivity index (χ0) is 17.1. The van der Waals surface area contributed by atoms with Crippen LogP contribution in [-0.2, 0) is 4.74 Å². The van der Waals surface area contributed by atoms with Crippen molar-refractivity contribution in [3.05, 3.63) is 9.49 Å². The molecule has 0 N–H and O–H groups in total. The summed E-state index contributed by atoms with van der Waals surface area (Å²) in [5.74, 6) is 0. The lowest BCUT2D eigenvalue weighted by atomic mass is 10.1. The third-order valence-electron chi connectivity index (χ3n) is 3.46. The fourth-order valence-electron chi connectivity index (χ4n) is 2.19. The Labute approximate surface area is 163 Å². The van der Waals surface area contributed by atoms with E-state index in [-0.39, 0.29) is 6.10 Å². The van der Waals surface area contributed by atoms with Crippen LogP contribution in [0.25, 0.3) is 0 Å². The molecule has 1 atom stereocenters. The highest BCUT2D eigenvalue weighted by Crippen LogP contribution is 2.34. The first-order chi connectivity index (χ1) is 11.0. The second-order valence-electron chi connectivity index (χ2n) is 5.59. The van der Waals surface area contributed by atoms with Gasteiger partial charge in [-0.2, -0.15) is 0 Å². The van der Waals surface area contributed by atoms with Crippen molar-refractivity contribution in [2.24, 2.45) is 0 Å². The number of hydrogen-bond donors (Lipinski definition) is 0. The minimum absolute atomic E-state index is 0.140. The molecule has 0 saturated carbocycles. The minimum atomic E-state index is 0.140. The number of ether oxygens (including phenoxy) is 1. The van der Waals surface area contributed by atoms with Crippen molar-refractivity contribution in [1.82, 2.24) is 4.98 Å². The summed E-state index contributed by atoms with van der Waals surface area (Å²) in [6.45, 7) is 4.32. The van der Waals surface area contributed by atoms with Gasteiger partial charge in [0.15, 0.2) is 9.49 Å². The summed E-state index contributed by atoms with van der Waals surface area (Å²) in [6.07, 6.45) is 11.8. The molecule has 0 aliphatic heterocycles. The Morgan fingerprint density at radius 3 is 2.35 bits per heavy atom. The van der Waals surface area contributed by atoms with Crippen molar-refractivity contribution < 1.29 is 4.74 Å². The zero-order valence-corrected chi connectivity index (χ0v) is 17.7. The van der Waals surface area contributed by atoms with Gasteiger partial charge in [0.25, 0.3) is 0 Å². The van der Waals surface area contributed by atoms with Crippen LogP contribution in [0.1, 0.15) is 71.6 Å². The highest BCUT2D eigenvalue weighted by Gasteiger charge is 2.13. The molecule has 0 radical (unpaired) electrons. The molecule has 1 unspecified atom stereocenters. The van der Waals surface area contributed by atoms with E-state index in [0.29, 0.717) is 13.9 Å². The van der Waals surface area contributed by atoms with E-state index in [1.807, 2.05) is 0 Å². The Balaban J connectivity index is 2.06. The van der Waals surface area contributed by atoms with Crippen LogP contribution in [-0.4, -0.2) is 15.5 Å². The molecule has 1 aromatic rings. The number of aromatic nitrogens is 1. The van der Waals surface area contributed by atoms with Gasteiger partial charge in [0.2, 0.25) is 4.38 Å². The van der Waals surface area contributed by atoms with Crippen LogP contribution < -0.4 is 0 Å². The predicted octanol–water partition coefficient (Wildman–Crippen LogP) is 7.76. The number of thioether (sulfide) groups is 1. The van der Waals surface area contributed by atoms with Crippen molar-refractivity contribution in [2.45, 2.75) is 82.1 Å². The first-order valence-corrected chi connectivity index (χ1v) is 11.0. The van der Waals surface area contributed by atoms with E-state index in [2.05, 4.69) is 18.8 Å². The summed E-state index contributed by atoms with van der Waals surface area (Å²) in [5.41, 5.74) is 0. The van der Waals surface area contributed by atoms with Crippen LogP contribution in [0.15, 0.2) is 4.34 Å². The van der Waals surface area contributed by atoms with Crippen molar-refractivity contribution in [3.8, 4) is 0 Å². The minimum Gasteiger partial charge on any atom is -0.475 e. The van der Waals surface area contributed by atoms with Gasteiger partial charge in [-0.15, -0.1) is 0 Å². The number of thiazole rings is 1. The van der Waals surface area contributed by atoms with Crippen LogP contribution in [0.4, 0.5) is 0 Å². The quantitative estimate of drug-likeness (QED) is 0.210. The number of rotatable bonds is 11. The molecular formula is C16H25Cl2NOS3. The zero-order valence-electron chi connectivity index (χ0n) is 13.8. The molecule has 1 aromatic heterocycles. The van der Waals surface area contributed by atoms with Gasteiger partial charge in [-0.1, -0.05) is 86.4 Å². The maximum atomic E-state index is 5.88. The van der Waals surface area contributed by atoms with Gasteiger partial charge in [0.05, 0.1) is 6.10 Å². The molecule has 0 amide bonds. The summed E-state index contributed by atoms with van der Waals surface area (Å²) in [7, 11) is 0. The van der Waals surface area contributed by atoms with Crippen LogP contribution in [0, 0.1) is 0 Å². The standard InChI is InChI=1S/C16H25Cl2NOS3/c1-3-4-5-6-7-8-9-10-11-12(2)20-16(21)23-15-19-13(17)14(18)22-15/h12H,3-11H2,1-2H3. The van der Waals surface area contributed by atoms with Gasteiger partial charge in [0, 0.05) is 0 Å². The topological polar surface area (TPSA) is 22.1 Å². The lowest BCUT2D eigenvalue weighted by Crippen LogP contribution is -2.10. The number of hydrogen-bond acceptors (Lipinski definition) is 5. The van der Waals surface area contributed by atoms with E-state index in [1.165, 1.54) is 74.5 Å². The van der Waals surface area contributed by atoms with Crippen molar-refractivity contribution in [1.29, 1.82) is 0 Å². The van der Waals surface area contributed by atoms with Gasteiger partial charge >= 0.3 is 0 Å². The van der Waals surface area contributed by atoms with Crippen LogP contribution >= 0.6 is 58.5 Å². The third kappa shape index (κ3) is 10.1. The molecule has 1 rings (SSSR count). The fraction of sp³-hybridized carbons (Fsp3) is 0.750. The van der Waals surface area contributed by atoms with Gasteiger partial charge in [-0.05, 0) is 43.7 Å². The van der Waals surface area contributed by atoms with E-state index in [1.54, 1.807) is 0 Å². The molecule has 0 fully saturated rings. The van der Waals surface area contributed by atoms with Gasteiger partial charge in [-0.25, -0.2) is 4.98 Å². The lowest BCUT2D eigenvalue weighted by molar-refractivity contribution is 0.205. The summed E-state index contributed by atoms with van der Waals surface area (Å²) in [6, 6.07) is 0. The second kappa shape index (κ2) is 12.8. The molecular weight excluding hydrogens is 389 g/mol. The summed E-state index contributed by atoms with van der Waals surface area (Å²) in [4.78, 5) is 4.12. The van der Waals surface area contributed by atoms with E-state index in [0.717, 1.165) is 10.8 Å². The average Bonchev–Trinajstić information content (AvgIpc) is 2.79. The summed E-state index contributed by atoms with van der Waals surface area (Å²) >= 11 is 19.6. The molecule has 0 aliphatic carbocycles. The molecule has 1 heterocycles. The molecule has 0 spiro atoms. The largest absolute Gasteiger partial charge is 0.475 e.